The molecule has 0 saturated carbocycles. The lowest BCUT2D eigenvalue weighted by Crippen LogP contribution is -2.46. The fraction of sp³-hybridized carbons (Fsp3) is 0.682. The first kappa shape index (κ1) is 21.4. The molecule has 3 rings (SSSR count). The molecule has 0 aliphatic carbocycles. The molecule has 2 heterocycles. The maximum Gasteiger partial charge on any atom is 0.410 e. The van der Waals surface area contributed by atoms with Gasteiger partial charge in [0.1, 0.15) is 5.60 Å². The van der Waals surface area contributed by atoms with E-state index in [-0.39, 0.29) is 6.09 Å². The number of nitrogens with zero attached hydrogens (tertiary/aromatic N) is 3. The van der Waals surface area contributed by atoms with Gasteiger partial charge in [-0.2, -0.15) is 0 Å². The molecule has 6 heteroatoms. The maximum absolute atomic E-state index is 12.4. The second-order valence-electron chi connectivity index (χ2n) is 8.96. The molecule has 0 unspecified atom stereocenters. The first-order valence-corrected chi connectivity index (χ1v) is 10.9. The Morgan fingerprint density at radius 2 is 1.79 bits per heavy atom. The fourth-order valence-electron chi connectivity index (χ4n) is 4.12. The standard InChI is InChI=1S/C22H34ClN3O2/c1-22(2,3)28-21(27)26-12-6-11-25(15-16-26)19-9-13-24(14-10-19)17-18-7-4-5-8-20(18)23/h4-5,7-8,19H,6,9-17H2,1-3H3. The first-order valence-electron chi connectivity index (χ1n) is 10.5. The van der Waals surface area contributed by atoms with Crippen molar-refractivity contribution in [3.8, 4) is 0 Å². The molecular formula is C22H34ClN3O2. The third-order valence-corrected chi connectivity index (χ3v) is 5.98. The summed E-state index contributed by atoms with van der Waals surface area (Å²) in [6.45, 7) is 12.4. The van der Waals surface area contributed by atoms with Crippen LogP contribution in [0.4, 0.5) is 4.79 Å². The number of halogens is 1. The molecule has 0 N–H and O–H groups in total. The van der Waals surface area contributed by atoms with Crippen molar-refractivity contribution in [2.75, 3.05) is 39.3 Å². The fourth-order valence-corrected chi connectivity index (χ4v) is 4.32. The van der Waals surface area contributed by atoms with Gasteiger partial charge in [0.2, 0.25) is 0 Å². The number of likely N-dealkylation sites (tertiary alicyclic amines) is 1. The highest BCUT2D eigenvalue weighted by molar-refractivity contribution is 6.31. The number of amides is 1. The summed E-state index contributed by atoms with van der Waals surface area (Å²) in [5.41, 5.74) is 0.780. The number of carbonyl (C=O) groups excluding carboxylic acids is 1. The van der Waals surface area contributed by atoms with Crippen molar-refractivity contribution in [2.45, 2.75) is 58.2 Å². The van der Waals surface area contributed by atoms with Gasteiger partial charge in [-0.1, -0.05) is 29.8 Å². The number of piperidine rings is 1. The lowest BCUT2D eigenvalue weighted by Gasteiger charge is -2.38. The Balaban J connectivity index is 1.46. The smallest absolute Gasteiger partial charge is 0.410 e. The molecule has 0 spiro atoms. The molecule has 1 aromatic carbocycles. The average Bonchev–Trinajstić information content (AvgIpc) is 2.89. The van der Waals surface area contributed by atoms with Crippen LogP contribution in [0.25, 0.3) is 0 Å². The first-order chi connectivity index (χ1) is 13.3. The van der Waals surface area contributed by atoms with Gasteiger partial charge in [-0.25, -0.2) is 4.79 Å². The highest BCUT2D eigenvalue weighted by Crippen LogP contribution is 2.23. The molecule has 0 atom stereocenters. The van der Waals surface area contributed by atoms with Gasteiger partial charge in [0.25, 0.3) is 0 Å². The lowest BCUT2D eigenvalue weighted by molar-refractivity contribution is 0.0251. The maximum atomic E-state index is 12.4. The van der Waals surface area contributed by atoms with Crippen LogP contribution in [0.5, 0.6) is 0 Å². The number of benzene rings is 1. The second kappa shape index (κ2) is 9.47. The Morgan fingerprint density at radius 3 is 2.46 bits per heavy atom. The average molecular weight is 408 g/mol. The topological polar surface area (TPSA) is 36.0 Å². The lowest BCUT2D eigenvalue weighted by atomic mass is 10.0. The van der Waals surface area contributed by atoms with Crippen molar-refractivity contribution in [1.82, 2.24) is 14.7 Å². The monoisotopic (exact) mass is 407 g/mol. The van der Waals surface area contributed by atoms with Crippen molar-refractivity contribution in [3.05, 3.63) is 34.9 Å². The highest BCUT2D eigenvalue weighted by Gasteiger charge is 2.29. The number of hydrogen-bond acceptors (Lipinski definition) is 4. The summed E-state index contributed by atoms with van der Waals surface area (Å²) < 4.78 is 5.54. The van der Waals surface area contributed by atoms with Crippen LogP contribution in [-0.4, -0.2) is 71.7 Å². The van der Waals surface area contributed by atoms with Crippen LogP contribution < -0.4 is 0 Å². The van der Waals surface area contributed by atoms with Crippen molar-refractivity contribution in [3.63, 3.8) is 0 Å². The predicted molar refractivity (Wildman–Crippen MR) is 114 cm³/mol. The van der Waals surface area contributed by atoms with Crippen LogP contribution in [-0.2, 0) is 11.3 Å². The number of carbonyl (C=O) groups is 1. The van der Waals surface area contributed by atoms with E-state index in [1.54, 1.807) is 0 Å². The minimum absolute atomic E-state index is 0.177. The highest BCUT2D eigenvalue weighted by atomic mass is 35.5. The Bertz CT molecular complexity index is 653. The largest absolute Gasteiger partial charge is 0.444 e. The molecule has 2 aliphatic heterocycles. The molecule has 0 bridgehead atoms. The molecule has 0 aromatic heterocycles. The number of rotatable bonds is 3. The van der Waals surface area contributed by atoms with Crippen LogP contribution in [0, 0.1) is 0 Å². The summed E-state index contributed by atoms with van der Waals surface area (Å²) in [4.78, 5) is 19.3. The van der Waals surface area contributed by atoms with E-state index in [1.807, 2.05) is 37.8 Å². The summed E-state index contributed by atoms with van der Waals surface area (Å²) in [5, 5.41) is 0.861. The van der Waals surface area contributed by atoms with Gasteiger partial charge in [0.05, 0.1) is 0 Å². The molecule has 1 amide bonds. The van der Waals surface area contributed by atoms with E-state index in [1.165, 1.54) is 18.4 Å². The summed E-state index contributed by atoms with van der Waals surface area (Å²) in [7, 11) is 0. The van der Waals surface area contributed by atoms with Gasteiger partial charge in [0, 0.05) is 43.8 Å². The van der Waals surface area contributed by atoms with Gasteiger partial charge < -0.3 is 9.64 Å². The third kappa shape index (κ3) is 6.10. The van der Waals surface area contributed by atoms with Crippen molar-refractivity contribution in [1.29, 1.82) is 0 Å². The summed E-state index contributed by atoms with van der Waals surface area (Å²) in [6, 6.07) is 8.74. The number of hydrogen-bond donors (Lipinski definition) is 0. The van der Waals surface area contributed by atoms with Gasteiger partial charge >= 0.3 is 6.09 Å². The Labute approximate surface area is 174 Å². The predicted octanol–water partition coefficient (Wildman–Crippen LogP) is 4.25. The zero-order valence-corrected chi connectivity index (χ0v) is 18.2. The SMILES string of the molecule is CC(C)(C)OC(=O)N1CCCN(C2CCN(Cc3ccccc3Cl)CC2)CC1. The van der Waals surface area contributed by atoms with E-state index < -0.39 is 5.60 Å². The normalized spacial score (nSPS) is 20.8. The van der Waals surface area contributed by atoms with Gasteiger partial charge in [-0.3, -0.25) is 9.80 Å². The molecule has 2 saturated heterocycles. The molecule has 0 radical (unpaired) electrons. The summed E-state index contributed by atoms with van der Waals surface area (Å²) in [6.07, 6.45) is 3.19. The molecule has 2 fully saturated rings. The van der Waals surface area contributed by atoms with Crippen LogP contribution in [0.1, 0.15) is 45.6 Å². The molecular weight excluding hydrogens is 374 g/mol. The molecule has 28 heavy (non-hydrogen) atoms. The number of ether oxygens (including phenoxy) is 1. The van der Waals surface area contributed by atoms with Gasteiger partial charge in [0.15, 0.2) is 0 Å². The molecule has 5 nitrogen and oxygen atoms in total. The zero-order valence-electron chi connectivity index (χ0n) is 17.5. The second-order valence-corrected chi connectivity index (χ2v) is 9.36. The van der Waals surface area contributed by atoms with Crippen molar-refractivity contribution >= 4 is 17.7 Å². The third-order valence-electron chi connectivity index (χ3n) is 5.61. The van der Waals surface area contributed by atoms with Crippen molar-refractivity contribution in [2.24, 2.45) is 0 Å². The minimum Gasteiger partial charge on any atom is -0.444 e. The minimum atomic E-state index is -0.433. The summed E-state index contributed by atoms with van der Waals surface area (Å²) in [5.74, 6) is 0. The van der Waals surface area contributed by atoms with Crippen LogP contribution in [0.2, 0.25) is 5.02 Å². The summed E-state index contributed by atoms with van der Waals surface area (Å²) >= 11 is 6.31. The van der Waals surface area contributed by atoms with E-state index in [2.05, 4.69) is 21.9 Å². The van der Waals surface area contributed by atoms with Crippen LogP contribution in [0.15, 0.2) is 24.3 Å². The van der Waals surface area contributed by atoms with E-state index in [4.69, 9.17) is 16.3 Å². The quantitative estimate of drug-likeness (QED) is 0.750. The Hall–Kier alpha value is -1.30. The Morgan fingerprint density at radius 1 is 1.07 bits per heavy atom. The van der Waals surface area contributed by atoms with E-state index in [9.17, 15) is 4.79 Å². The molecule has 1 aromatic rings. The van der Waals surface area contributed by atoms with E-state index in [0.717, 1.165) is 57.3 Å². The zero-order chi connectivity index (χ0) is 20.1. The Kier molecular flexibility index (Phi) is 7.24. The van der Waals surface area contributed by atoms with Crippen molar-refractivity contribution < 1.29 is 9.53 Å². The van der Waals surface area contributed by atoms with Crippen LogP contribution >= 0.6 is 11.6 Å². The van der Waals surface area contributed by atoms with Gasteiger partial charge in [-0.15, -0.1) is 0 Å². The molecule has 156 valence electrons. The van der Waals surface area contributed by atoms with Crippen LogP contribution in [0.3, 0.4) is 0 Å². The van der Waals surface area contributed by atoms with E-state index >= 15 is 0 Å². The molecule has 2 aliphatic rings. The van der Waals surface area contributed by atoms with Gasteiger partial charge in [-0.05, 0) is 64.8 Å². The van der Waals surface area contributed by atoms with E-state index in [0.29, 0.717) is 6.04 Å².